The standard InChI is InChI=1S/C25H24O6/c26-20(16-7-3-1-4-8-16)14-30-24(28)22-18-11-12-19(13-18)23(22)25(29)31-15-21(27)17-9-5-2-6-10-17/h1-10,18-19,22-23H,11-15H2. The summed E-state index contributed by atoms with van der Waals surface area (Å²) >= 11 is 0. The summed E-state index contributed by atoms with van der Waals surface area (Å²) in [5, 5.41) is 0. The van der Waals surface area contributed by atoms with Crippen molar-refractivity contribution >= 4 is 23.5 Å². The summed E-state index contributed by atoms with van der Waals surface area (Å²) in [7, 11) is 0. The quantitative estimate of drug-likeness (QED) is 0.480. The fraction of sp³-hybridized carbons (Fsp3) is 0.360. The summed E-state index contributed by atoms with van der Waals surface area (Å²) in [4.78, 5) is 50.1. The van der Waals surface area contributed by atoms with Crippen molar-refractivity contribution in [3.63, 3.8) is 0 Å². The number of benzene rings is 2. The van der Waals surface area contributed by atoms with Crippen LogP contribution in [0.5, 0.6) is 0 Å². The Labute approximate surface area is 180 Å². The van der Waals surface area contributed by atoms with Crippen LogP contribution in [0.15, 0.2) is 60.7 Å². The monoisotopic (exact) mass is 420 g/mol. The van der Waals surface area contributed by atoms with E-state index in [0.29, 0.717) is 11.1 Å². The van der Waals surface area contributed by atoms with Crippen molar-refractivity contribution < 1.29 is 28.7 Å². The number of carbonyl (C=O) groups excluding carboxylic acids is 4. The lowest BCUT2D eigenvalue weighted by atomic mass is 9.79. The average molecular weight is 420 g/mol. The van der Waals surface area contributed by atoms with Crippen LogP contribution >= 0.6 is 0 Å². The first-order valence-electron chi connectivity index (χ1n) is 10.5. The second kappa shape index (κ2) is 9.25. The number of carbonyl (C=O) groups is 4. The normalized spacial score (nSPS) is 23.9. The zero-order valence-electron chi connectivity index (χ0n) is 17.1. The van der Waals surface area contributed by atoms with Gasteiger partial charge in [0.05, 0.1) is 11.8 Å². The molecular weight excluding hydrogens is 396 g/mol. The molecule has 4 atom stereocenters. The van der Waals surface area contributed by atoms with Gasteiger partial charge in [-0.3, -0.25) is 19.2 Å². The van der Waals surface area contributed by atoms with Gasteiger partial charge in [0.2, 0.25) is 0 Å². The van der Waals surface area contributed by atoms with Crippen LogP contribution in [0.3, 0.4) is 0 Å². The number of hydrogen-bond donors (Lipinski definition) is 0. The second-order valence-corrected chi connectivity index (χ2v) is 8.18. The zero-order chi connectivity index (χ0) is 21.8. The van der Waals surface area contributed by atoms with Crippen LogP contribution in [-0.4, -0.2) is 36.7 Å². The number of ether oxygens (including phenoxy) is 2. The summed E-state index contributed by atoms with van der Waals surface area (Å²) in [6, 6.07) is 17.2. The molecule has 31 heavy (non-hydrogen) atoms. The molecule has 0 radical (unpaired) electrons. The lowest BCUT2D eigenvalue weighted by Gasteiger charge is -2.27. The summed E-state index contributed by atoms with van der Waals surface area (Å²) in [6.07, 6.45) is 2.46. The predicted octanol–water partition coefficient (Wildman–Crippen LogP) is 3.50. The number of fused-ring (bicyclic) bond motifs is 2. The maximum Gasteiger partial charge on any atom is 0.310 e. The Morgan fingerprint density at radius 1 is 0.645 bits per heavy atom. The van der Waals surface area contributed by atoms with Gasteiger partial charge in [-0.15, -0.1) is 0 Å². The van der Waals surface area contributed by atoms with E-state index in [1.54, 1.807) is 60.7 Å². The van der Waals surface area contributed by atoms with E-state index in [2.05, 4.69) is 0 Å². The highest BCUT2D eigenvalue weighted by Crippen LogP contribution is 2.53. The molecular formula is C25H24O6. The minimum absolute atomic E-state index is 0.0479. The van der Waals surface area contributed by atoms with Crippen molar-refractivity contribution in [3.05, 3.63) is 71.8 Å². The summed E-state index contributed by atoms with van der Waals surface area (Å²) < 4.78 is 10.6. The SMILES string of the molecule is O=C(COC(=O)C1C2CCC(C2)C1C(=O)OCC(=O)c1ccccc1)c1ccccc1. The summed E-state index contributed by atoms with van der Waals surface area (Å²) in [6.45, 7) is -0.712. The first-order chi connectivity index (χ1) is 15.0. The molecule has 2 aliphatic carbocycles. The minimum atomic E-state index is -0.623. The molecule has 4 rings (SSSR count). The average Bonchev–Trinajstić information content (AvgIpc) is 3.43. The maximum absolute atomic E-state index is 12.8. The van der Waals surface area contributed by atoms with Crippen LogP contribution in [0.25, 0.3) is 0 Å². The molecule has 0 aromatic heterocycles. The number of esters is 2. The van der Waals surface area contributed by atoms with Crippen LogP contribution in [0.4, 0.5) is 0 Å². The first-order valence-corrected chi connectivity index (χ1v) is 10.5. The molecule has 160 valence electrons. The molecule has 2 aromatic carbocycles. The number of rotatable bonds is 8. The van der Waals surface area contributed by atoms with E-state index in [1.165, 1.54) is 0 Å². The van der Waals surface area contributed by atoms with Gasteiger partial charge in [0, 0.05) is 11.1 Å². The Morgan fingerprint density at radius 3 is 1.42 bits per heavy atom. The summed E-state index contributed by atoms with van der Waals surface area (Å²) in [5.74, 6) is -2.79. The van der Waals surface area contributed by atoms with Gasteiger partial charge in [0.25, 0.3) is 0 Å². The van der Waals surface area contributed by atoms with Gasteiger partial charge >= 0.3 is 11.9 Å². The van der Waals surface area contributed by atoms with E-state index in [-0.39, 0.29) is 36.6 Å². The molecule has 4 unspecified atom stereocenters. The third-order valence-corrected chi connectivity index (χ3v) is 6.34. The highest BCUT2D eigenvalue weighted by atomic mass is 16.5. The number of ketones is 2. The van der Waals surface area contributed by atoms with E-state index < -0.39 is 23.8 Å². The summed E-state index contributed by atoms with van der Waals surface area (Å²) in [5.41, 5.74) is 0.942. The van der Waals surface area contributed by atoms with Crippen molar-refractivity contribution in [2.24, 2.45) is 23.7 Å². The van der Waals surface area contributed by atoms with Gasteiger partial charge in [-0.1, -0.05) is 60.7 Å². The van der Waals surface area contributed by atoms with Crippen molar-refractivity contribution in [1.29, 1.82) is 0 Å². The molecule has 2 aliphatic rings. The largest absolute Gasteiger partial charge is 0.457 e. The Hall–Kier alpha value is -3.28. The van der Waals surface area contributed by atoms with Crippen molar-refractivity contribution in [2.75, 3.05) is 13.2 Å². The van der Waals surface area contributed by atoms with Crippen molar-refractivity contribution in [2.45, 2.75) is 19.3 Å². The fourth-order valence-corrected chi connectivity index (χ4v) is 4.85. The van der Waals surface area contributed by atoms with Crippen LogP contribution in [0.1, 0.15) is 40.0 Å². The molecule has 0 amide bonds. The van der Waals surface area contributed by atoms with Gasteiger partial charge in [0.15, 0.2) is 24.8 Å². The highest BCUT2D eigenvalue weighted by Gasteiger charge is 2.55. The third-order valence-electron chi connectivity index (χ3n) is 6.34. The topological polar surface area (TPSA) is 86.7 Å². The maximum atomic E-state index is 12.8. The molecule has 0 heterocycles. The van der Waals surface area contributed by atoms with Gasteiger partial charge in [-0.2, -0.15) is 0 Å². The third kappa shape index (κ3) is 4.58. The molecule has 6 heteroatoms. The van der Waals surface area contributed by atoms with Crippen LogP contribution in [0.2, 0.25) is 0 Å². The lowest BCUT2D eigenvalue weighted by Crippen LogP contribution is -2.38. The molecule has 2 bridgehead atoms. The Morgan fingerprint density at radius 2 is 1.03 bits per heavy atom. The lowest BCUT2D eigenvalue weighted by molar-refractivity contribution is -0.162. The van der Waals surface area contributed by atoms with E-state index in [4.69, 9.17) is 9.47 Å². The molecule has 0 N–H and O–H groups in total. The second-order valence-electron chi connectivity index (χ2n) is 8.18. The van der Waals surface area contributed by atoms with Gasteiger partial charge in [0.1, 0.15) is 0 Å². The first kappa shape index (κ1) is 21.0. The van der Waals surface area contributed by atoms with E-state index in [0.717, 1.165) is 19.3 Å². The Balaban J connectivity index is 1.36. The fourth-order valence-electron chi connectivity index (χ4n) is 4.85. The van der Waals surface area contributed by atoms with Gasteiger partial charge in [-0.05, 0) is 31.1 Å². The van der Waals surface area contributed by atoms with E-state index >= 15 is 0 Å². The molecule has 0 aliphatic heterocycles. The minimum Gasteiger partial charge on any atom is -0.457 e. The van der Waals surface area contributed by atoms with E-state index in [1.807, 2.05) is 0 Å². The predicted molar refractivity (Wildman–Crippen MR) is 111 cm³/mol. The van der Waals surface area contributed by atoms with Crippen molar-refractivity contribution in [1.82, 2.24) is 0 Å². The smallest absolute Gasteiger partial charge is 0.310 e. The molecule has 2 saturated carbocycles. The van der Waals surface area contributed by atoms with Gasteiger partial charge in [-0.25, -0.2) is 0 Å². The molecule has 0 spiro atoms. The Kier molecular flexibility index (Phi) is 6.26. The molecule has 2 fully saturated rings. The Bertz CT molecular complexity index is 889. The van der Waals surface area contributed by atoms with Crippen molar-refractivity contribution in [3.8, 4) is 0 Å². The molecule has 6 nitrogen and oxygen atoms in total. The van der Waals surface area contributed by atoms with Crippen LogP contribution in [0, 0.1) is 23.7 Å². The van der Waals surface area contributed by atoms with Crippen LogP contribution in [-0.2, 0) is 19.1 Å². The number of Topliss-reactive ketones (excluding diaryl/α,β-unsaturated/α-hetero) is 2. The van der Waals surface area contributed by atoms with Crippen LogP contribution < -0.4 is 0 Å². The molecule has 2 aromatic rings. The van der Waals surface area contributed by atoms with E-state index in [9.17, 15) is 19.2 Å². The zero-order valence-corrected chi connectivity index (χ0v) is 17.1. The highest BCUT2D eigenvalue weighted by molar-refractivity contribution is 5.99. The number of hydrogen-bond acceptors (Lipinski definition) is 6. The molecule has 0 saturated heterocycles. The van der Waals surface area contributed by atoms with Gasteiger partial charge < -0.3 is 9.47 Å².